The maximum atomic E-state index is 12.2. The van der Waals surface area contributed by atoms with Gasteiger partial charge in [-0.2, -0.15) is 0 Å². The van der Waals surface area contributed by atoms with Crippen molar-refractivity contribution in [1.29, 1.82) is 0 Å². The van der Waals surface area contributed by atoms with Gasteiger partial charge in [0.25, 0.3) is 0 Å². The third-order valence-corrected chi connectivity index (χ3v) is 4.91. The fraction of sp³-hybridized carbons (Fsp3) is 0.429. The molecule has 0 heterocycles. The molecule has 1 saturated carbocycles. The maximum absolute atomic E-state index is 12.2. The van der Waals surface area contributed by atoms with E-state index < -0.39 is 48.7 Å². The summed E-state index contributed by atoms with van der Waals surface area (Å²) in [7, 11) is 1.06. The van der Waals surface area contributed by atoms with Gasteiger partial charge in [0, 0.05) is 30.0 Å². The van der Waals surface area contributed by atoms with Gasteiger partial charge in [-0.3, -0.25) is 9.59 Å². The number of Topliss-reactive ketones (excluding diaryl/α,β-unsaturated/α-hetero) is 2. The Hall–Kier alpha value is -2.88. The van der Waals surface area contributed by atoms with Gasteiger partial charge in [-0.1, -0.05) is 12.1 Å². The van der Waals surface area contributed by atoms with Crippen molar-refractivity contribution in [3.8, 4) is 0 Å². The summed E-state index contributed by atoms with van der Waals surface area (Å²) in [6.07, 6.45) is -2.87. The minimum Gasteiger partial charge on any atom is -0.467 e. The molecule has 0 bridgehead atoms. The molecule has 162 valence electrons. The second-order valence-electron chi connectivity index (χ2n) is 7.22. The number of benzene rings is 1. The van der Waals surface area contributed by atoms with Crippen LogP contribution in [0.3, 0.4) is 0 Å². The van der Waals surface area contributed by atoms with Crippen LogP contribution >= 0.6 is 0 Å². The topological polar surface area (TPSA) is 147 Å². The molecular formula is C21H24O9. The molecule has 0 amide bonds. The normalized spacial score (nSPS) is 26.3. The smallest absolute Gasteiger partial charge is 0.338 e. The minimum absolute atomic E-state index is 0.215. The van der Waals surface area contributed by atoms with Crippen LogP contribution in [0.15, 0.2) is 24.3 Å². The summed E-state index contributed by atoms with van der Waals surface area (Å²) in [5.74, 6) is -2.48. The Balaban J connectivity index is 2.15. The van der Waals surface area contributed by atoms with Crippen LogP contribution in [0, 0.1) is 0 Å². The predicted octanol–water partition coefficient (Wildman–Crippen LogP) is 0.436. The molecule has 4 unspecified atom stereocenters. The molecule has 3 N–H and O–H groups in total. The summed E-state index contributed by atoms with van der Waals surface area (Å²) in [6, 6.07) is 4.47. The van der Waals surface area contributed by atoms with Crippen LogP contribution in [0.2, 0.25) is 0 Å². The van der Waals surface area contributed by atoms with Gasteiger partial charge in [0.2, 0.25) is 0 Å². The Kier molecular flexibility index (Phi) is 7.25. The van der Waals surface area contributed by atoms with E-state index in [1.165, 1.54) is 32.1 Å². The van der Waals surface area contributed by atoms with Crippen molar-refractivity contribution in [2.45, 2.75) is 50.6 Å². The third kappa shape index (κ3) is 5.18. The molecule has 1 aliphatic rings. The molecule has 0 saturated heterocycles. The first-order chi connectivity index (χ1) is 14.0. The second-order valence-corrected chi connectivity index (χ2v) is 7.22. The number of rotatable bonds is 6. The Morgan fingerprint density at radius 3 is 2.27 bits per heavy atom. The zero-order valence-electron chi connectivity index (χ0n) is 16.8. The average Bonchev–Trinajstić information content (AvgIpc) is 2.69. The molecule has 4 atom stereocenters. The van der Waals surface area contributed by atoms with Gasteiger partial charge in [0.15, 0.2) is 17.2 Å². The molecule has 30 heavy (non-hydrogen) atoms. The number of aliphatic hydroxyl groups is 3. The predicted molar refractivity (Wildman–Crippen MR) is 104 cm³/mol. The van der Waals surface area contributed by atoms with Gasteiger partial charge in [-0.15, -0.1) is 0 Å². The van der Waals surface area contributed by atoms with Crippen molar-refractivity contribution in [1.82, 2.24) is 0 Å². The summed E-state index contributed by atoms with van der Waals surface area (Å²) in [5.41, 5.74) is -1.16. The quantitative estimate of drug-likeness (QED) is 0.339. The highest BCUT2D eigenvalue weighted by molar-refractivity contribution is 6.07. The monoisotopic (exact) mass is 420 g/mol. The number of aliphatic hydroxyl groups excluding tert-OH is 2. The Morgan fingerprint density at radius 1 is 1.07 bits per heavy atom. The van der Waals surface area contributed by atoms with Gasteiger partial charge >= 0.3 is 11.9 Å². The number of esters is 2. The summed E-state index contributed by atoms with van der Waals surface area (Å²) >= 11 is 0. The molecule has 1 aliphatic carbocycles. The van der Waals surface area contributed by atoms with Gasteiger partial charge in [0.1, 0.15) is 12.2 Å². The highest BCUT2D eigenvalue weighted by Gasteiger charge is 2.50. The second kappa shape index (κ2) is 9.29. The first kappa shape index (κ1) is 23.4. The fourth-order valence-electron chi connectivity index (χ4n) is 3.34. The molecule has 1 aromatic carbocycles. The van der Waals surface area contributed by atoms with E-state index in [2.05, 4.69) is 4.74 Å². The summed E-state index contributed by atoms with van der Waals surface area (Å²) in [4.78, 5) is 47.3. The zero-order chi connectivity index (χ0) is 22.6. The van der Waals surface area contributed by atoms with E-state index >= 15 is 0 Å². The van der Waals surface area contributed by atoms with E-state index in [9.17, 15) is 34.5 Å². The highest BCUT2D eigenvalue weighted by Crippen LogP contribution is 2.32. The molecule has 0 aromatic heterocycles. The Labute approximate surface area is 172 Å². The number of carbonyl (C=O) groups excluding carboxylic acids is 4. The number of hydrogen-bond acceptors (Lipinski definition) is 9. The van der Waals surface area contributed by atoms with E-state index in [0.29, 0.717) is 5.56 Å². The lowest BCUT2D eigenvalue weighted by Gasteiger charge is -2.39. The average molecular weight is 420 g/mol. The molecule has 9 nitrogen and oxygen atoms in total. The van der Waals surface area contributed by atoms with Crippen molar-refractivity contribution in [3.63, 3.8) is 0 Å². The van der Waals surface area contributed by atoms with Crippen molar-refractivity contribution in [2.24, 2.45) is 0 Å². The van der Waals surface area contributed by atoms with Gasteiger partial charge < -0.3 is 24.8 Å². The molecular weight excluding hydrogens is 396 g/mol. The van der Waals surface area contributed by atoms with E-state index in [1.807, 2.05) is 0 Å². The molecule has 9 heteroatoms. The number of carbonyl (C=O) groups is 4. The van der Waals surface area contributed by atoms with Crippen LogP contribution in [-0.2, 0) is 19.1 Å². The van der Waals surface area contributed by atoms with E-state index in [1.54, 1.807) is 6.07 Å². The van der Waals surface area contributed by atoms with E-state index in [0.717, 1.165) is 13.2 Å². The van der Waals surface area contributed by atoms with Crippen molar-refractivity contribution in [3.05, 3.63) is 41.0 Å². The van der Waals surface area contributed by atoms with Gasteiger partial charge in [-0.25, -0.2) is 9.59 Å². The minimum atomic E-state index is -2.10. The van der Waals surface area contributed by atoms with Crippen LogP contribution in [0.5, 0.6) is 0 Å². The molecule has 0 aliphatic heterocycles. The molecule has 2 rings (SSSR count). The van der Waals surface area contributed by atoms with Crippen LogP contribution in [0.1, 0.15) is 53.0 Å². The number of hydrogen-bond donors (Lipinski definition) is 3. The van der Waals surface area contributed by atoms with Crippen molar-refractivity contribution < 1.29 is 44.0 Å². The molecule has 1 aromatic rings. The summed E-state index contributed by atoms with van der Waals surface area (Å²) in [6.45, 7) is 2.66. The Bertz CT molecular complexity index is 888. The lowest BCUT2D eigenvalue weighted by molar-refractivity contribution is -0.198. The number of methoxy groups -OCH3 is 1. The highest BCUT2D eigenvalue weighted by atomic mass is 16.6. The maximum Gasteiger partial charge on any atom is 0.338 e. The standard InChI is InChI=1S/C21H24O9/c1-11(22)14-6-4-13(8-15(14)12(2)23)5-7-18(25)30-17-10-21(28,20(27)29-3)9-16(24)19(17)26/h4-8,16-17,19,24,26,28H,9-10H2,1-3H3. The third-order valence-electron chi connectivity index (χ3n) is 4.91. The molecule has 1 fully saturated rings. The van der Waals surface area contributed by atoms with Crippen LogP contribution < -0.4 is 0 Å². The van der Waals surface area contributed by atoms with Crippen molar-refractivity contribution in [2.75, 3.05) is 7.11 Å². The van der Waals surface area contributed by atoms with Crippen LogP contribution in [0.25, 0.3) is 6.08 Å². The molecule has 0 radical (unpaired) electrons. The Morgan fingerprint density at radius 2 is 1.70 bits per heavy atom. The largest absolute Gasteiger partial charge is 0.467 e. The first-order valence-electron chi connectivity index (χ1n) is 9.20. The number of ketones is 2. The van der Waals surface area contributed by atoms with Gasteiger partial charge in [-0.05, 0) is 31.6 Å². The van der Waals surface area contributed by atoms with Gasteiger partial charge in [0.05, 0.1) is 13.2 Å². The zero-order valence-corrected chi connectivity index (χ0v) is 16.8. The first-order valence-corrected chi connectivity index (χ1v) is 9.20. The molecule has 0 spiro atoms. The lowest BCUT2D eigenvalue weighted by atomic mass is 9.79. The van der Waals surface area contributed by atoms with E-state index in [-0.39, 0.29) is 22.7 Å². The summed E-state index contributed by atoms with van der Waals surface area (Å²) < 4.78 is 9.61. The SMILES string of the molecule is COC(=O)C1(O)CC(O)C(O)C(OC(=O)C=Cc2ccc(C(C)=O)c(C(C)=O)c2)C1. The summed E-state index contributed by atoms with van der Waals surface area (Å²) in [5, 5.41) is 30.3. The van der Waals surface area contributed by atoms with Crippen LogP contribution in [0.4, 0.5) is 0 Å². The van der Waals surface area contributed by atoms with Crippen LogP contribution in [-0.4, -0.2) is 69.8 Å². The lowest BCUT2D eigenvalue weighted by Crippen LogP contribution is -2.57. The van der Waals surface area contributed by atoms with Crippen molar-refractivity contribution >= 4 is 29.6 Å². The fourth-order valence-corrected chi connectivity index (χ4v) is 3.34. The number of ether oxygens (including phenoxy) is 2. The van der Waals surface area contributed by atoms with E-state index in [4.69, 9.17) is 4.74 Å².